The van der Waals surface area contributed by atoms with E-state index in [1.807, 2.05) is 32.9 Å². The van der Waals surface area contributed by atoms with E-state index in [4.69, 9.17) is 9.47 Å². The smallest absolute Gasteiger partial charge is 0.417 e. The molecule has 0 radical (unpaired) electrons. The fraction of sp³-hybridized carbons (Fsp3) is 0.452. The van der Waals surface area contributed by atoms with Crippen molar-refractivity contribution < 1.29 is 27.5 Å². The van der Waals surface area contributed by atoms with Gasteiger partial charge in [0.2, 0.25) is 10.0 Å². The van der Waals surface area contributed by atoms with Gasteiger partial charge in [0, 0.05) is 34.9 Å². The van der Waals surface area contributed by atoms with Crippen LogP contribution in [0.1, 0.15) is 76.8 Å². The topological polar surface area (TPSA) is 136 Å². The van der Waals surface area contributed by atoms with Crippen LogP contribution >= 0.6 is 11.3 Å². The first-order chi connectivity index (χ1) is 20.2. The summed E-state index contributed by atoms with van der Waals surface area (Å²) >= 11 is 1.46. The van der Waals surface area contributed by atoms with Crippen molar-refractivity contribution in [3.63, 3.8) is 0 Å². The lowest BCUT2D eigenvalue weighted by atomic mass is 9.86. The number of sulfonamides is 1. The van der Waals surface area contributed by atoms with Crippen molar-refractivity contribution in [2.45, 2.75) is 95.7 Å². The number of aryl methyl sites for hydroxylation is 1. The monoisotopic (exact) mass is 628 g/mol. The Morgan fingerprint density at radius 3 is 2.30 bits per heavy atom. The summed E-state index contributed by atoms with van der Waals surface area (Å²) in [5.41, 5.74) is 1.08. The van der Waals surface area contributed by atoms with Gasteiger partial charge in [-0.05, 0) is 91.5 Å². The highest BCUT2D eigenvalue weighted by atomic mass is 32.2. The number of hydrogen-bond donors (Lipinski definition) is 3. The number of hydrogen-bond acceptors (Lipinski definition) is 8. The molecule has 4 rings (SSSR count). The van der Waals surface area contributed by atoms with E-state index in [0.29, 0.717) is 16.2 Å². The number of alkyl carbamates (subject to hydrolysis) is 1. The van der Waals surface area contributed by atoms with Crippen molar-refractivity contribution in [1.82, 2.24) is 15.0 Å². The Kier molecular flexibility index (Phi) is 10.1. The molecule has 2 amide bonds. The molecule has 2 aromatic carbocycles. The minimum atomic E-state index is -3.98. The molecule has 0 unspecified atom stereocenters. The summed E-state index contributed by atoms with van der Waals surface area (Å²) in [5.74, 6) is 0.586. The molecule has 43 heavy (non-hydrogen) atoms. The number of amides is 2. The number of ether oxygens (including phenoxy) is 2. The number of nitrogens with zero attached hydrogens (tertiary/aromatic N) is 1. The molecule has 0 aliphatic heterocycles. The first-order valence-electron chi connectivity index (χ1n) is 14.4. The quantitative estimate of drug-likeness (QED) is 0.245. The minimum absolute atomic E-state index is 0.0299. The fourth-order valence-corrected chi connectivity index (χ4v) is 7.70. The number of rotatable bonds is 8. The molecule has 1 saturated carbocycles. The van der Waals surface area contributed by atoms with E-state index in [2.05, 4.69) is 20.3 Å². The van der Waals surface area contributed by atoms with Gasteiger partial charge in [0.05, 0.1) is 20.9 Å². The van der Waals surface area contributed by atoms with E-state index >= 15 is 0 Å². The highest BCUT2D eigenvalue weighted by Gasteiger charge is 2.29. The molecule has 3 aromatic rings. The van der Waals surface area contributed by atoms with Gasteiger partial charge in [0.1, 0.15) is 5.75 Å². The van der Waals surface area contributed by atoms with Crippen LogP contribution in [-0.2, 0) is 14.8 Å². The Bertz CT molecular complexity index is 1540. The van der Waals surface area contributed by atoms with Gasteiger partial charge >= 0.3 is 12.2 Å². The molecule has 10 nitrogen and oxygen atoms in total. The number of carbonyl (C=O) groups is 2. The molecule has 1 heterocycles. The van der Waals surface area contributed by atoms with Gasteiger partial charge in [0.15, 0.2) is 0 Å². The van der Waals surface area contributed by atoms with E-state index in [0.717, 1.165) is 36.3 Å². The Labute approximate surface area is 257 Å². The standard InChI is InChI=1S/C31H40N4O6S2/c1-19(2)40-29(36)33-22-11-9-21(10-12-22)28-32-18-26(42-28)25-16-13-23(17-27(25)43(38,39)35-31(4,5)6)34-30(37)41-24-14-7-20(3)8-15-24/h7-8,13-19,21-22,35H,9-12H2,1-6H3,(H,33,36)(H,34,37). The van der Waals surface area contributed by atoms with E-state index < -0.39 is 27.7 Å². The Morgan fingerprint density at radius 1 is 1.00 bits per heavy atom. The summed E-state index contributed by atoms with van der Waals surface area (Å²) in [7, 11) is -3.98. The third-order valence-corrected chi connectivity index (χ3v) is 9.71. The molecule has 1 fully saturated rings. The zero-order chi connectivity index (χ0) is 31.4. The summed E-state index contributed by atoms with van der Waals surface area (Å²) in [5, 5.41) is 6.50. The SMILES string of the molecule is Cc1ccc(OC(=O)Nc2ccc(-c3cnc(C4CCC(NC(=O)OC(C)C)CC4)s3)c(S(=O)(=O)NC(C)(C)C)c2)cc1. The molecule has 1 aliphatic carbocycles. The molecule has 232 valence electrons. The van der Waals surface area contributed by atoms with Gasteiger partial charge in [-0.15, -0.1) is 11.3 Å². The molecule has 3 N–H and O–H groups in total. The van der Waals surface area contributed by atoms with Crippen LogP contribution in [0.25, 0.3) is 10.4 Å². The second-order valence-electron chi connectivity index (χ2n) is 12.1. The normalized spacial score (nSPS) is 17.4. The molecular formula is C31H40N4O6S2. The lowest BCUT2D eigenvalue weighted by Gasteiger charge is -2.28. The zero-order valence-corrected chi connectivity index (χ0v) is 27.0. The van der Waals surface area contributed by atoms with Crippen LogP contribution in [0.5, 0.6) is 5.75 Å². The van der Waals surface area contributed by atoms with Crippen molar-refractivity contribution in [2.24, 2.45) is 0 Å². The zero-order valence-electron chi connectivity index (χ0n) is 25.4. The van der Waals surface area contributed by atoms with Gasteiger partial charge in [-0.2, -0.15) is 0 Å². The first-order valence-corrected chi connectivity index (χ1v) is 16.7. The largest absolute Gasteiger partial charge is 0.447 e. The third kappa shape index (κ3) is 9.25. The summed E-state index contributed by atoms with van der Waals surface area (Å²) in [4.78, 5) is 30.0. The molecule has 0 saturated heterocycles. The van der Waals surface area contributed by atoms with Crippen LogP contribution in [0.15, 0.2) is 53.6 Å². The van der Waals surface area contributed by atoms with Gasteiger partial charge in [-0.3, -0.25) is 5.32 Å². The van der Waals surface area contributed by atoms with E-state index in [1.54, 1.807) is 51.2 Å². The number of benzene rings is 2. The summed E-state index contributed by atoms with van der Waals surface area (Å²) in [6.45, 7) is 10.9. The fourth-order valence-electron chi connectivity index (χ4n) is 4.84. The molecule has 0 bridgehead atoms. The van der Waals surface area contributed by atoms with Gasteiger partial charge in [0.25, 0.3) is 0 Å². The second-order valence-corrected chi connectivity index (χ2v) is 14.8. The van der Waals surface area contributed by atoms with E-state index in [1.165, 1.54) is 17.4 Å². The summed E-state index contributed by atoms with van der Waals surface area (Å²) in [6, 6.07) is 11.8. The Morgan fingerprint density at radius 2 is 1.67 bits per heavy atom. The second kappa shape index (κ2) is 13.4. The van der Waals surface area contributed by atoms with Crippen LogP contribution in [0.2, 0.25) is 0 Å². The van der Waals surface area contributed by atoms with Gasteiger partial charge in [-0.1, -0.05) is 23.8 Å². The van der Waals surface area contributed by atoms with E-state index in [9.17, 15) is 18.0 Å². The number of nitrogens with one attached hydrogen (secondary N) is 3. The van der Waals surface area contributed by atoms with Crippen molar-refractivity contribution in [2.75, 3.05) is 5.32 Å². The summed E-state index contributed by atoms with van der Waals surface area (Å²) in [6.07, 6.45) is 3.72. The maximum Gasteiger partial charge on any atom is 0.417 e. The Balaban J connectivity index is 1.53. The van der Waals surface area contributed by atoms with Crippen LogP contribution in [0, 0.1) is 6.92 Å². The van der Waals surface area contributed by atoms with Gasteiger partial charge < -0.3 is 14.8 Å². The third-order valence-electron chi connectivity index (χ3n) is 6.72. The molecular weight excluding hydrogens is 588 g/mol. The average molecular weight is 629 g/mol. The van der Waals surface area contributed by atoms with Crippen molar-refractivity contribution in [3.8, 4) is 16.2 Å². The maximum absolute atomic E-state index is 13.6. The van der Waals surface area contributed by atoms with Gasteiger partial charge in [-0.25, -0.2) is 27.7 Å². The molecule has 12 heteroatoms. The molecule has 0 atom stereocenters. The van der Waals surface area contributed by atoms with Crippen LogP contribution < -0.4 is 20.1 Å². The molecule has 0 spiro atoms. The summed E-state index contributed by atoms with van der Waals surface area (Å²) < 4.78 is 40.4. The number of anilines is 1. The predicted molar refractivity (Wildman–Crippen MR) is 168 cm³/mol. The highest BCUT2D eigenvalue weighted by molar-refractivity contribution is 7.89. The van der Waals surface area contributed by atoms with Crippen LogP contribution in [0.3, 0.4) is 0 Å². The highest BCUT2D eigenvalue weighted by Crippen LogP contribution is 2.40. The Hall–Kier alpha value is -3.48. The predicted octanol–water partition coefficient (Wildman–Crippen LogP) is 6.97. The maximum atomic E-state index is 13.6. The number of thiazole rings is 1. The van der Waals surface area contributed by atoms with Crippen molar-refractivity contribution in [1.29, 1.82) is 0 Å². The lowest BCUT2D eigenvalue weighted by molar-refractivity contribution is 0.109. The van der Waals surface area contributed by atoms with Crippen molar-refractivity contribution in [3.05, 3.63) is 59.2 Å². The van der Waals surface area contributed by atoms with Crippen molar-refractivity contribution >= 4 is 39.2 Å². The lowest BCUT2D eigenvalue weighted by Crippen LogP contribution is -2.40. The first kappa shape index (κ1) is 32.4. The van der Waals surface area contributed by atoms with Crippen LogP contribution in [-0.4, -0.2) is 43.3 Å². The van der Waals surface area contributed by atoms with E-state index in [-0.39, 0.29) is 28.6 Å². The number of carbonyl (C=O) groups excluding carboxylic acids is 2. The molecule has 1 aliphatic rings. The average Bonchev–Trinajstić information content (AvgIpc) is 3.39. The van der Waals surface area contributed by atoms with Crippen LogP contribution in [0.4, 0.5) is 15.3 Å². The number of aromatic nitrogens is 1. The molecule has 1 aromatic heterocycles. The minimum Gasteiger partial charge on any atom is -0.447 e.